The number of thiazole rings is 1. The van der Waals surface area contributed by atoms with E-state index < -0.39 is 0 Å². The number of aromatic nitrogens is 1. The number of unbranched alkanes of at least 4 members (excludes halogenated alkanes) is 1. The van der Waals surface area contributed by atoms with Crippen molar-refractivity contribution < 1.29 is 4.79 Å². The Morgan fingerprint density at radius 1 is 1.56 bits per heavy atom. The monoisotopic (exact) mass is 260 g/mol. The predicted octanol–water partition coefficient (Wildman–Crippen LogP) is 2.82. The van der Waals surface area contributed by atoms with Crippen molar-refractivity contribution in [2.75, 3.05) is 12.9 Å². The Morgan fingerprint density at radius 3 is 2.88 bits per heavy atom. The van der Waals surface area contributed by atoms with Crippen LogP contribution in [0.15, 0.2) is 5.51 Å². The summed E-state index contributed by atoms with van der Waals surface area (Å²) in [5.41, 5.74) is 2.83. The van der Waals surface area contributed by atoms with Gasteiger partial charge >= 0.3 is 0 Å². The van der Waals surface area contributed by atoms with Crippen molar-refractivity contribution in [3.05, 3.63) is 16.1 Å². The summed E-state index contributed by atoms with van der Waals surface area (Å²) < 4.78 is 0. The van der Waals surface area contributed by atoms with E-state index in [1.807, 2.05) is 19.5 Å². The number of alkyl halides is 1. The van der Waals surface area contributed by atoms with E-state index in [4.69, 9.17) is 11.6 Å². The average molecular weight is 261 g/mol. The number of nitrogens with zero attached hydrogens (tertiary/aromatic N) is 2. The lowest BCUT2D eigenvalue weighted by Gasteiger charge is -2.16. The van der Waals surface area contributed by atoms with Crippen LogP contribution in [0.1, 0.15) is 29.8 Å². The fourth-order valence-corrected chi connectivity index (χ4v) is 2.36. The fourth-order valence-electron chi connectivity index (χ4n) is 1.34. The van der Waals surface area contributed by atoms with Crippen LogP contribution in [-0.2, 0) is 11.3 Å². The zero-order valence-corrected chi connectivity index (χ0v) is 11.3. The summed E-state index contributed by atoms with van der Waals surface area (Å²) in [7, 11) is 1.84. The van der Waals surface area contributed by atoms with E-state index in [9.17, 15) is 4.79 Å². The van der Waals surface area contributed by atoms with Crippen LogP contribution < -0.4 is 0 Å². The molecule has 3 nitrogen and oxygen atoms in total. The molecule has 5 heteroatoms. The molecule has 0 aliphatic carbocycles. The van der Waals surface area contributed by atoms with Crippen LogP contribution in [0.4, 0.5) is 0 Å². The molecule has 0 N–H and O–H groups in total. The quantitative estimate of drug-likeness (QED) is 0.582. The highest BCUT2D eigenvalue weighted by Gasteiger charge is 2.11. The number of amides is 1. The molecule has 0 aliphatic rings. The van der Waals surface area contributed by atoms with E-state index in [0.29, 0.717) is 18.8 Å². The molecule has 0 bridgehead atoms. The number of carbonyl (C=O) groups excluding carboxylic acids is 1. The molecular formula is C11H17ClN2OS. The van der Waals surface area contributed by atoms with Gasteiger partial charge in [-0.25, -0.2) is 4.98 Å². The molecule has 1 aromatic heterocycles. The third-order valence-corrected chi connectivity index (χ3v) is 3.61. The predicted molar refractivity (Wildman–Crippen MR) is 67.9 cm³/mol. The Kier molecular flexibility index (Phi) is 5.77. The standard InChI is InChI=1S/C11H17ClN2OS/c1-9-10(16-8-13-9)7-14(2)11(15)5-3-4-6-12/h8H,3-7H2,1-2H3. The molecule has 1 amide bonds. The second kappa shape index (κ2) is 6.86. The number of halogens is 1. The van der Waals surface area contributed by atoms with Crippen molar-refractivity contribution in [3.8, 4) is 0 Å². The van der Waals surface area contributed by atoms with Crippen molar-refractivity contribution in [2.45, 2.75) is 32.7 Å². The van der Waals surface area contributed by atoms with Crippen LogP contribution in [-0.4, -0.2) is 28.7 Å². The van der Waals surface area contributed by atoms with Crippen LogP contribution in [0.25, 0.3) is 0 Å². The van der Waals surface area contributed by atoms with Crippen molar-refractivity contribution in [1.82, 2.24) is 9.88 Å². The zero-order valence-electron chi connectivity index (χ0n) is 9.70. The van der Waals surface area contributed by atoms with Gasteiger partial charge in [0, 0.05) is 24.2 Å². The van der Waals surface area contributed by atoms with Gasteiger partial charge in [-0.05, 0) is 19.8 Å². The minimum absolute atomic E-state index is 0.179. The number of hydrogen-bond acceptors (Lipinski definition) is 3. The first-order valence-electron chi connectivity index (χ1n) is 5.34. The third-order valence-electron chi connectivity index (χ3n) is 2.43. The van der Waals surface area contributed by atoms with Gasteiger partial charge in [-0.1, -0.05) is 0 Å². The maximum atomic E-state index is 11.7. The van der Waals surface area contributed by atoms with Gasteiger partial charge in [0.25, 0.3) is 0 Å². The SMILES string of the molecule is Cc1ncsc1CN(C)C(=O)CCCCCl. The average Bonchev–Trinajstić information content (AvgIpc) is 2.64. The molecule has 1 heterocycles. The Hall–Kier alpha value is -0.610. The van der Waals surface area contributed by atoms with Crippen LogP contribution in [0.2, 0.25) is 0 Å². The highest BCUT2D eigenvalue weighted by molar-refractivity contribution is 7.09. The lowest BCUT2D eigenvalue weighted by Crippen LogP contribution is -2.25. The largest absolute Gasteiger partial charge is 0.341 e. The third kappa shape index (κ3) is 4.10. The molecule has 0 aliphatic heterocycles. The minimum Gasteiger partial charge on any atom is -0.341 e. The Morgan fingerprint density at radius 2 is 2.31 bits per heavy atom. The highest BCUT2D eigenvalue weighted by atomic mass is 35.5. The molecule has 0 atom stereocenters. The summed E-state index contributed by atoms with van der Waals surface area (Å²) in [6.45, 7) is 2.63. The summed E-state index contributed by atoms with van der Waals surface area (Å²) in [5.74, 6) is 0.809. The van der Waals surface area contributed by atoms with E-state index in [-0.39, 0.29) is 5.91 Å². The molecule has 0 saturated carbocycles. The van der Waals surface area contributed by atoms with Gasteiger partial charge in [0.2, 0.25) is 5.91 Å². The first-order chi connectivity index (χ1) is 7.65. The highest BCUT2D eigenvalue weighted by Crippen LogP contribution is 2.14. The number of rotatable bonds is 6. The van der Waals surface area contributed by atoms with Gasteiger partial charge in [0.05, 0.1) is 17.7 Å². The van der Waals surface area contributed by atoms with Crippen molar-refractivity contribution in [1.29, 1.82) is 0 Å². The molecule has 0 spiro atoms. The maximum Gasteiger partial charge on any atom is 0.222 e. The first-order valence-corrected chi connectivity index (χ1v) is 6.75. The summed E-state index contributed by atoms with van der Waals surface area (Å²) in [6.07, 6.45) is 2.36. The van der Waals surface area contributed by atoms with Gasteiger partial charge in [-0.3, -0.25) is 4.79 Å². The van der Waals surface area contributed by atoms with Crippen LogP contribution in [0, 0.1) is 6.92 Å². The van der Waals surface area contributed by atoms with Crippen molar-refractivity contribution >= 4 is 28.8 Å². The number of carbonyl (C=O) groups is 1. The lowest BCUT2D eigenvalue weighted by atomic mass is 10.2. The van der Waals surface area contributed by atoms with Gasteiger partial charge in [-0.15, -0.1) is 22.9 Å². The van der Waals surface area contributed by atoms with E-state index in [1.54, 1.807) is 16.2 Å². The summed E-state index contributed by atoms with van der Waals surface area (Å²) >= 11 is 7.17. The van der Waals surface area contributed by atoms with Crippen LogP contribution in [0.3, 0.4) is 0 Å². The lowest BCUT2D eigenvalue weighted by molar-refractivity contribution is -0.130. The summed E-state index contributed by atoms with van der Waals surface area (Å²) in [6, 6.07) is 0. The molecule has 0 saturated heterocycles. The Labute approximate surface area is 105 Å². The summed E-state index contributed by atoms with van der Waals surface area (Å²) in [5, 5.41) is 0. The maximum absolute atomic E-state index is 11.7. The van der Waals surface area contributed by atoms with Crippen molar-refractivity contribution in [3.63, 3.8) is 0 Å². The molecule has 1 aromatic rings. The number of hydrogen-bond donors (Lipinski definition) is 0. The first kappa shape index (κ1) is 13.5. The van der Waals surface area contributed by atoms with E-state index >= 15 is 0 Å². The Balaban J connectivity index is 2.37. The number of aryl methyl sites for hydroxylation is 1. The second-order valence-corrected chi connectivity index (χ2v) is 5.07. The topological polar surface area (TPSA) is 33.2 Å². The molecule has 0 unspecified atom stereocenters. The van der Waals surface area contributed by atoms with Gasteiger partial charge in [0.15, 0.2) is 0 Å². The second-order valence-electron chi connectivity index (χ2n) is 3.76. The summed E-state index contributed by atoms with van der Waals surface area (Å²) in [4.78, 5) is 18.8. The van der Waals surface area contributed by atoms with Crippen LogP contribution in [0.5, 0.6) is 0 Å². The molecular weight excluding hydrogens is 244 g/mol. The molecule has 16 heavy (non-hydrogen) atoms. The van der Waals surface area contributed by atoms with E-state index in [1.165, 1.54) is 0 Å². The molecule has 0 fully saturated rings. The smallest absolute Gasteiger partial charge is 0.222 e. The Bertz CT molecular complexity index is 340. The molecule has 0 aromatic carbocycles. The molecule has 1 rings (SSSR count). The van der Waals surface area contributed by atoms with Crippen molar-refractivity contribution in [2.24, 2.45) is 0 Å². The molecule has 0 radical (unpaired) electrons. The minimum atomic E-state index is 0.179. The zero-order chi connectivity index (χ0) is 12.0. The normalized spacial score (nSPS) is 10.4. The van der Waals surface area contributed by atoms with Gasteiger partial charge < -0.3 is 4.90 Å². The van der Waals surface area contributed by atoms with Gasteiger partial charge in [-0.2, -0.15) is 0 Å². The molecule has 90 valence electrons. The van der Waals surface area contributed by atoms with Gasteiger partial charge in [0.1, 0.15) is 0 Å². The fraction of sp³-hybridized carbons (Fsp3) is 0.636. The van der Waals surface area contributed by atoms with Crippen LogP contribution >= 0.6 is 22.9 Å². The van der Waals surface area contributed by atoms with E-state index in [2.05, 4.69) is 4.98 Å². The van der Waals surface area contributed by atoms with E-state index in [0.717, 1.165) is 23.4 Å².